The molecule has 0 saturated heterocycles. The highest BCUT2D eigenvalue weighted by Gasteiger charge is 2.11. The third kappa shape index (κ3) is 5.33. The maximum atomic E-state index is 12.9. The van der Waals surface area contributed by atoms with Gasteiger partial charge in [-0.25, -0.2) is 9.18 Å². The van der Waals surface area contributed by atoms with E-state index in [1.807, 2.05) is 13.8 Å². The smallest absolute Gasteiger partial charge is 0.317 e. The molecular weight excluding hydrogens is 311 g/mol. The second kappa shape index (κ2) is 8.42. The van der Waals surface area contributed by atoms with Crippen LogP contribution in [0.5, 0.6) is 0 Å². The second-order valence-electron chi connectivity index (χ2n) is 6.02. The van der Waals surface area contributed by atoms with Crippen molar-refractivity contribution in [1.82, 2.24) is 20.4 Å². The Bertz CT molecular complexity index is 655. The third-order valence-electron chi connectivity index (χ3n) is 3.52. The number of benzene rings is 1. The van der Waals surface area contributed by atoms with E-state index in [-0.39, 0.29) is 17.8 Å². The van der Waals surface area contributed by atoms with E-state index in [0.29, 0.717) is 31.2 Å². The fourth-order valence-electron chi connectivity index (χ4n) is 2.11. The van der Waals surface area contributed by atoms with Crippen molar-refractivity contribution in [3.8, 4) is 0 Å². The summed E-state index contributed by atoms with van der Waals surface area (Å²) in [5.74, 6) is 1.25. The van der Waals surface area contributed by atoms with Gasteiger partial charge in [0.1, 0.15) is 5.82 Å². The zero-order valence-electron chi connectivity index (χ0n) is 14.3. The summed E-state index contributed by atoms with van der Waals surface area (Å²) in [5, 5.41) is 6.74. The second-order valence-corrected chi connectivity index (χ2v) is 6.02. The lowest BCUT2D eigenvalue weighted by molar-refractivity contribution is 0.206. The van der Waals surface area contributed by atoms with E-state index in [1.54, 1.807) is 24.1 Å². The van der Waals surface area contributed by atoms with Crippen LogP contribution in [0.25, 0.3) is 0 Å². The summed E-state index contributed by atoms with van der Waals surface area (Å²) in [6.07, 6.45) is 1.34. The number of hydrogen-bond acceptors (Lipinski definition) is 4. The molecule has 1 aromatic heterocycles. The molecule has 0 aliphatic heterocycles. The summed E-state index contributed by atoms with van der Waals surface area (Å²) < 4.78 is 18.0. The number of carbonyl (C=O) groups is 1. The van der Waals surface area contributed by atoms with Crippen molar-refractivity contribution in [2.45, 2.75) is 39.2 Å². The first-order valence-electron chi connectivity index (χ1n) is 8.01. The molecule has 0 spiro atoms. The summed E-state index contributed by atoms with van der Waals surface area (Å²) in [7, 11) is 1.70. The fraction of sp³-hybridized carbons (Fsp3) is 0.471. The highest BCUT2D eigenvalue weighted by atomic mass is 19.1. The van der Waals surface area contributed by atoms with Crippen molar-refractivity contribution in [3.05, 3.63) is 47.4 Å². The van der Waals surface area contributed by atoms with Crippen molar-refractivity contribution in [2.75, 3.05) is 13.6 Å². The van der Waals surface area contributed by atoms with Crippen LogP contribution in [0, 0.1) is 5.82 Å². The summed E-state index contributed by atoms with van der Waals surface area (Å²) in [4.78, 5) is 17.9. The first-order chi connectivity index (χ1) is 11.5. The van der Waals surface area contributed by atoms with Gasteiger partial charge in [-0.05, 0) is 24.1 Å². The molecule has 1 aromatic carbocycles. The lowest BCUT2D eigenvalue weighted by atomic mass is 10.2. The van der Waals surface area contributed by atoms with Gasteiger partial charge in [-0.1, -0.05) is 31.1 Å². The van der Waals surface area contributed by atoms with E-state index < -0.39 is 0 Å². The maximum Gasteiger partial charge on any atom is 0.317 e. The Kier molecular flexibility index (Phi) is 6.28. The number of hydrogen-bond donors (Lipinski definition) is 1. The lowest BCUT2D eigenvalue weighted by Gasteiger charge is -2.18. The number of carbonyl (C=O) groups excluding carboxylic acids is 1. The molecule has 6 nitrogen and oxygen atoms in total. The number of urea groups is 1. The minimum atomic E-state index is -0.285. The van der Waals surface area contributed by atoms with Crippen molar-refractivity contribution in [2.24, 2.45) is 0 Å². The zero-order chi connectivity index (χ0) is 17.5. The van der Waals surface area contributed by atoms with Crippen LogP contribution in [0.2, 0.25) is 0 Å². The monoisotopic (exact) mass is 334 g/mol. The summed E-state index contributed by atoms with van der Waals surface area (Å²) in [5.41, 5.74) is 0.876. The number of aromatic nitrogens is 2. The van der Waals surface area contributed by atoms with E-state index in [1.165, 1.54) is 12.1 Å². The predicted octanol–water partition coefficient (Wildman–Crippen LogP) is 3.11. The van der Waals surface area contributed by atoms with Gasteiger partial charge in [0.05, 0.1) is 0 Å². The average Bonchev–Trinajstić information content (AvgIpc) is 3.02. The molecule has 0 unspecified atom stereocenters. The molecule has 0 aliphatic carbocycles. The van der Waals surface area contributed by atoms with Gasteiger partial charge in [0.25, 0.3) is 0 Å². The van der Waals surface area contributed by atoms with Gasteiger partial charge in [-0.15, -0.1) is 0 Å². The first-order valence-corrected chi connectivity index (χ1v) is 8.01. The molecule has 0 aliphatic rings. The largest absolute Gasteiger partial charge is 0.339 e. The van der Waals surface area contributed by atoms with Gasteiger partial charge < -0.3 is 14.7 Å². The first kappa shape index (κ1) is 17.9. The fourth-order valence-corrected chi connectivity index (χ4v) is 2.11. The van der Waals surface area contributed by atoms with Crippen LogP contribution in [-0.4, -0.2) is 34.7 Å². The summed E-state index contributed by atoms with van der Waals surface area (Å²) in [6.45, 7) is 4.96. The molecule has 0 bridgehead atoms. The number of amides is 2. The van der Waals surface area contributed by atoms with Crippen molar-refractivity contribution >= 4 is 6.03 Å². The van der Waals surface area contributed by atoms with Crippen molar-refractivity contribution in [3.63, 3.8) is 0 Å². The Hall–Kier alpha value is -2.44. The minimum Gasteiger partial charge on any atom is -0.339 e. The van der Waals surface area contributed by atoms with Gasteiger partial charge in [-0.3, -0.25) is 0 Å². The highest BCUT2D eigenvalue weighted by molar-refractivity contribution is 5.73. The minimum absolute atomic E-state index is 0.173. The van der Waals surface area contributed by atoms with Crippen LogP contribution in [0.15, 0.2) is 28.8 Å². The third-order valence-corrected chi connectivity index (χ3v) is 3.52. The number of nitrogens with one attached hydrogen (secondary N) is 1. The van der Waals surface area contributed by atoms with Gasteiger partial charge in [-0.2, -0.15) is 4.98 Å². The van der Waals surface area contributed by atoms with Gasteiger partial charge in [0, 0.05) is 32.5 Å². The number of halogens is 1. The average molecular weight is 334 g/mol. The molecule has 0 atom stereocenters. The van der Waals surface area contributed by atoms with Gasteiger partial charge >= 0.3 is 6.03 Å². The molecule has 24 heavy (non-hydrogen) atoms. The zero-order valence-corrected chi connectivity index (χ0v) is 14.3. The molecule has 1 heterocycles. The van der Waals surface area contributed by atoms with E-state index >= 15 is 0 Å². The standard InChI is InChI=1S/C17H23FN4O2/c1-12(2)16-20-15(24-21-16)5-4-10-19-17(23)22(3)11-13-6-8-14(18)9-7-13/h6-9,12H,4-5,10-11H2,1-3H3,(H,19,23). The molecule has 7 heteroatoms. The number of rotatable bonds is 7. The SMILES string of the molecule is CC(C)c1noc(CCCNC(=O)N(C)Cc2ccc(F)cc2)n1. The Balaban J connectivity index is 1.69. The van der Waals surface area contributed by atoms with Crippen molar-refractivity contribution in [1.29, 1.82) is 0 Å². The topological polar surface area (TPSA) is 71.3 Å². The van der Waals surface area contributed by atoms with Crippen molar-refractivity contribution < 1.29 is 13.7 Å². The Labute approximate surface area is 141 Å². The Morgan fingerprint density at radius 1 is 1.33 bits per heavy atom. The van der Waals surface area contributed by atoms with E-state index in [2.05, 4.69) is 15.5 Å². The molecule has 1 N–H and O–H groups in total. The van der Waals surface area contributed by atoms with Crippen LogP contribution < -0.4 is 5.32 Å². The molecule has 0 radical (unpaired) electrons. The highest BCUT2D eigenvalue weighted by Crippen LogP contribution is 2.10. The van der Waals surface area contributed by atoms with E-state index in [4.69, 9.17) is 4.52 Å². The normalized spacial score (nSPS) is 10.9. The summed E-state index contributed by atoms with van der Waals surface area (Å²) >= 11 is 0. The molecular formula is C17H23FN4O2. The Morgan fingerprint density at radius 2 is 2.04 bits per heavy atom. The lowest BCUT2D eigenvalue weighted by Crippen LogP contribution is -2.37. The van der Waals surface area contributed by atoms with Gasteiger partial charge in [0.2, 0.25) is 5.89 Å². The van der Waals surface area contributed by atoms with E-state index in [9.17, 15) is 9.18 Å². The van der Waals surface area contributed by atoms with E-state index in [0.717, 1.165) is 12.0 Å². The van der Waals surface area contributed by atoms with Crippen LogP contribution in [0.3, 0.4) is 0 Å². The molecule has 0 saturated carbocycles. The predicted molar refractivity (Wildman–Crippen MR) is 88.0 cm³/mol. The molecule has 130 valence electrons. The number of aryl methyl sites for hydroxylation is 1. The van der Waals surface area contributed by atoms with Crippen LogP contribution in [-0.2, 0) is 13.0 Å². The maximum absolute atomic E-state index is 12.9. The molecule has 0 fully saturated rings. The van der Waals surface area contributed by atoms with Crippen LogP contribution >= 0.6 is 0 Å². The number of nitrogens with zero attached hydrogens (tertiary/aromatic N) is 3. The quantitative estimate of drug-likeness (QED) is 0.790. The molecule has 2 amide bonds. The van der Waals surface area contributed by atoms with Gasteiger partial charge in [0.15, 0.2) is 5.82 Å². The Morgan fingerprint density at radius 3 is 2.67 bits per heavy atom. The summed E-state index contributed by atoms with van der Waals surface area (Å²) in [6, 6.07) is 5.93. The molecule has 2 rings (SSSR count). The van der Waals surface area contributed by atoms with Crippen LogP contribution in [0.1, 0.15) is 43.5 Å². The van der Waals surface area contributed by atoms with Crippen LogP contribution in [0.4, 0.5) is 9.18 Å². The molecule has 2 aromatic rings.